The first-order valence-corrected chi connectivity index (χ1v) is 11.8. The molecule has 30 heavy (non-hydrogen) atoms. The standard InChI is InChI=1S/C25H36N2O3/c28-23(11-12-24(29)30)27-17-22-10-5-4-9-21(22)15-25(19-27)13-6-14-26(18-25)16-20-7-2-1-3-8-20/h4-5,9-10,20H,1-3,6-8,11-19H2,(H,29,30). The Labute approximate surface area is 180 Å². The van der Waals surface area contributed by atoms with Crippen molar-refractivity contribution in [3.05, 3.63) is 35.4 Å². The lowest BCUT2D eigenvalue weighted by Gasteiger charge is -2.45. The quantitative estimate of drug-likeness (QED) is 0.791. The molecule has 2 aliphatic heterocycles. The molecule has 3 aliphatic rings. The predicted molar refractivity (Wildman–Crippen MR) is 117 cm³/mol. The van der Waals surface area contributed by atoms with Gasteiger partial charge in [0.2, 0.25) is 5.91 Å². The SMILES string of the molecule is O=C(O)CCC(=O)N1Cc2ccccc2CC2(CCCN(CC3CCCCC3)C2)C1. The molecular weight excluding hydrogens is 376 g/mol. The number of fused-ring (bicyclic) bond motifs is 1. The molecule has 164 valence electrons. The molecule has 5 nitrogen and oxygen atoms in total. The summed E-state index contributed by atoms with van der Waals surface area (Å²) in [6.07, 6.45) is 10.2. The fraction of sp³-hybridized carbons (Fsp3) is 0.680. The number of carbonyl (C=O) groups is 2. The molecule has 1 spiro atoms. The molecule has 1 amide bonds. The van der Waals surface area contributed by atoms with Gasteiger partial charge in [0.1, 0.15) is 0 Å². The molecule has 1 atom stereocenters. The summed E-state index contributed by atoms with van der Waals surface area (Å²) in [5.41, 5.74) is 2.67. The van der Waals surface area contributed by atoms with Crippen molar-refractivity contribution in [2.24, 2.45) is 11.3 Å². The van der Waals surface area contributed by atoms with Crippen LogP contribution < -0.4 is 0 Å². The van der Waals surface area contributed by atoms with Crippen LogP contribution in [-0.2, 0) is 22.6 Å². The van der Waals surface area contributed by atoms with Crippen molar-refractivity contribution in [3.8, 4) is 0 Å². The van der Waals surface area contributed by atoms with E-state index in [1.54, 1.807) is 0 Å². The van der Waals surface area contributed by atoms with Crippen LogP contribution in [0.25, 0.3) is 0 Å². The number of aliphatic carboxylic acids is 1. The highest BCUT2D eigenvalue weighted by Gasteiger charge is 2.41. The molecule has 1 aliphatic carbocycles. The van der Waals surface area contributed by atoms with E-state index in [0.717, 1.165) is 31.8 Å². The highest BCUT2D eigenvalue weighted by atomic mass is 16.4. The Kier molecular flexibility index (Phi) is 6.77. The van der Waals surface area contributed by atoms with E-state index in [-0.39, 0.29) is 24.2 Å². The van der Waals surface area contributed by atoms with Crippen LogP contribution in [0.5, 0.6) is 0 Å². The van der Waals surface area contributed by atoms with E-state index in [1.165, 1.54) is 62.7 Å². The maximum absolute atomic E-state index is 12.9. The van der Waals surface area contributed by atoms with Gasteiger partial charge < -0.3 is 14.9 Å². The zero-order valence-electron chi connectivity index (χ0n) is 18.2. The maximum Gasteiger partial charge on any atom is 0.303 e. The number of piperidine rings is 1. The molecule has 1 N–H and O–H groups in total. The molecule has 0 aromatic heterocycles. The summed E-state index contributed by atoms with van der Waals surface area (Å²) in [7, 11) is 0. The van der Waals surface area contributed by atoms with Gasteiger partial charge in [0.25, 0.3) is 0 Å². The van der Waals surface area contributed by atoms with Gasteiger partial charge in [0.05, 0.1) is 6.42 Å². The second kappa shape index (κ2) is 9.51. The molecule has 0 bridgehead atoms. The van der Waals surface area contributed by atoms with Gasteiger partial charge in [0, 0.05) is 38.0 Å². The summed E-state index contributed by atoms with van der Waals surface area (Å²) in [6.45, 7) is 4.80. The van der Waals surface area contributed by atoms with Gasteiger partial charge in [-0.25, -0.2) is 0 Å². The third-order valence-electron chi connectivity index (χ3n) is 7.46. The molecule has 2 heterocycles. The van der Waals surface area contributed by atoms with E-state index in [1.807, 2.05) is 11.0 Å². The summed E-state index contributed by atoms with van der Waals surface area (Å²) < 4.78 is 0. The summed E-state index contributed by atoms with van der Waals surface area (Å²) in [6, 6.07) is 8.51. The summed E-state index contributed by atoms with van der Waals surface area (Å²) in [4.78, 5) is 28.6. The number of amides is 1. The third kappa shape index (κ3) is 5.23. The zero-order chi connectivity index (χ0) is 21.0. The summed E-state index contributed by atoms with van der Waals surface area (Å²) in [5.74, 6) is -0.0808. The lowest BCUT2D eigenvalue weighted by Crippen LogP contribution is -2.51. The number of carboxylic acids is 1. The van der Waals surface area contributed by atoms with Gasteiger partial charge in [-0.1, -0.05) is 43.5 Å². The van der Waals surface area contributed by atoms with Crippen LogP contribution in [0.15, 0.2) is 24.3 Å². The Bertz CT molecular complexity index is 759. The van der Waals surface area contributed by atoms with Crippen LogP contribution >= 0.6 is 0 Å². The number of carboxylic acid groups (broad SMARTS) is 1. The molecule has 2 fully saturated rings. The number of hydrogen-bond acceptors (Lipinski definition) is 3. The van der Waals surface area contributed by atoms with Gasteiger partial charge in [-0.05, 0) is 55.7 Å². The summed E-state index contributed by atoms with van der Waals surface area (Å²) in [5, 5.41) is 9.03. The van der Waals surface area contributed by atoms with Crippen molar-refractivity contribution >= 4 is 11.9 Å². The van der Waals surface area contributed by atoms with Gasteiger partial charge in [-0.2, -0.15) is 0 Å². The normalized spacial score (nSPS) is 25.7. The first kappa shape index (κ1) is 21.4. The summed E-state index contributed by atoms with van der Waals surface area (Å²) >= 11 is 0. The molecular formula is C25H36N2O3. The number of nitrogens with zero attached hydrogens (tertiary/aromatic N) is 2. The van der Waals surface area contributed by atoms with Gasteiger partial charge >= 0.3 is 5.97 Å². The van der Waals surface area contributed by atoms with Crippen molar-refractivity contribution in [2.75, 3.05) is 26.2 Å². The number of rotatable bonds is 5. The van der Waals surface area contributed by atoms with E-state index in [2.05, 4.69) is 23.1 Å². The Morgan fingerprint density at radius 1 is 1.00 bits per heavy atom. The molecule has 1 saturated carbocycles. The fourth-order valence-corrected chi connectivity index (χ4v) is 6.03. The van der Waals surface area contributed by atoms with E-state index < -0.39 is 5.97 Å². The number of hydrogen-bond donors (Lipinski definition) is 1. The molecule has 1 aromatic carbocycles. The van der Waals surface area contributed by atoms with Crippen LogP contribution in [0, 0.1) is 11.3 Å². The molecule has 1 saturated heterocycles. The smallest absolute Gasteiger partial charge is 0.303 e. The first-order valence-electron chi connectivity index (χ1n) is 11.8. The van der Waals surface area contributed by atoms with Gasteiger partial charge in [-0.15, -0.1) is 0 Å². The largest absolute Gasteiger partial charge is 0.481 e. The van der Waals surface area contributed by atoms with Crippen molar-refractivity contribution in [3.63, 3.8) is 0 Å². The molecule has 5 heteroatoms. The molecule has 4 rings (SSSR count). The number of benzene rings is 1. The van der Waals surface area contributed by atoms with E-state index in [9.17, 15) is 9.59 Å². The Balaban J connectivity index is 1.52. The van der Waals surface area contributed by atoms with E-state index >= 15 is 0 Å². The van der Waals surface area contributed by atoms with Crippen LogP contribution in [-0.4, -0.2) is 53.0 Å². The zero-order valence-corrected chi connectivity index (χ0v) is 18.2. The average Bonchev–Trinajstić information content (AvgIpc) is 2.89. The lowest BCUT2D eigenvalue weighted by atomic mass is 9.74. The highest BCUT2D eigenvalue weighted by Crippen LogP contribution is 2.39. The first-order chi connectivity index (χ1) is 14.5. The second-order valence-corrected chi connectivity index (χ2v) is 9.93. The Hall–Kier alpha value is -1.88. The minimum absolute atomic E-state index is 0.0158. The van der Waals surface area contributed by atoms with E-state index in [0.29, 0.717) is 6.54 Å². The minimum atomic E-state index is -0.899. The Morgan fingerprint density at radius 2 is 1.77 bits per heavy atom. The van der Waals surface area contributed by atoms with Crippen molar-refractivity contribution in [1.82, 2.24) is 9.80 Å². The maximum atomic E-state index is 12.9. The second-order valence-electron chi connectivity index (χ2n) is 9.93. The highest BCUT2D eigenvalue weighted by molar-refractivity contribution is 5.80. The van der Waals surface area contributed by atoms with Crippen LogP contribution in [0.1, 0.15) is 68.9 Å². The predicted octanol–water partition coefficient (Wildman–Crippen LogP) is 4.10. The Morgan fingerprint density at radius 3 is 2.53 bits per heavy atom. The molecule has 0 radical (unpaired) electrons. The van der Waals surface area contributed by atoms with Crippen LogP contribution in [0.2, 0.25) is 0 Å². The third-order valence-corrected chi connectivity index (χ3v) is 7.46. The average molecular weight is 413 g/mol. The van der Waals surface area contributed by atoms with Crippen molar-refractivity contribution in [1.29, 1.82) is 0 Å². The fourth-order valence-electron chi connectivity index (χ4n) is 6.03. The minimum Gasteiger partial charge on any atom is -0.481 e. The monoisotopic (exact) mass is 412 g/mol. The number of likely N-dealkylation sites (tertiary alicyclic amines) is 1. The van der Waals surface area contributed by atoms with Crippen LogP contribution in [0.3, 0.4) is 0 Å². The van der Waals surface area contributed by atoms with Crippen molar-refractivity contribution in [2.45, 2.75) is 70.8 Å². The van der Waals surface area contributed by atoms with Crippen LogP contribution in [0.4, 0.5) is 0 Å². The molecule has 1 unspecified atom stereocenters. The van der Waals surface area contributed by atoms with Gasteiger partial charge in [0.15, 0.2) is 0 Å². The topological polar surface area (TPSA) is 60.9 Å². The molecule has 1 aromatic rings. The lowest BCUT2D eigenvalue weighted by molar-refractivity contribution is -0.141. The van der Waals surface area contributed by atoms with E-state index in [4.69, 9.17) is 5.11 Å². The number of carbonyl (C=O) groups excluding carboxylic acids is 1. The van der Waals surface area contributed by atoms with Crippen molar-refractivity contribution < 1.29 is 14.7 Å². The van der Waals surface area contributed by atoms with Gasteiger partial charge in [-0.3, -0.25) is 9.59 Å².